The number of hydrogen-bond acceptors (Lipinski definition) is 5. The summed E-state index contributed by atoms with van der Waals surface area (Å²) in [4.78, 5) is 26.6. The number of carbonyl (C=O) groups excluding carboxylic acids is 2. The van der Waals surface area contributed by atoms with Crippen LogP contribution in [-0.2, 0) is 9.53 Å². The van der Waals surface area contributed by atoms with Crippen LogP contribution in [0.1, 0.15) is 28.8 Å². The molecule has 1 aromatic heterocycles. The molecule has 40 heavy (non-hydrogen) atoms. The van der Waals surface area contributed by atoms with Crippen LogP contribution in [0.2, 0.25) is 0 Å². The summed E-state index contributed by atoms with van der Waals surface area (Å²) in [6.07, 6.45) is 5.07. The lowest BCUT2D eigenvalue weighted by Crippen LogP contribution is -2.38. The maximum atomic E-state index is 13.7. The number of hydrogen-bond donors (Lipinski definition) is 2. The zero-order chi connectivity index (χ0) is 27.9. The van der Waals surface area contributed by atoms with Gasteiger partial charge in [-0.25, -0.2) is 9.07 Å². The molecule has 2 heterocycles. The van der Waals surface area contributed by atoms with Crippen molar-refractivity contribution in [3.05, 3.63) is 108 Å². The number of halogens is 1. The van der Waals surface area contributed by atoms with Crippen molar-refractivity contribution < 1.29 is 23.5 Å². The van der Waals surface area contributed by atoms with Crippen molar-refractivity contribution in [2.24, 2.45) is 0 Å². The van der Waals surface area contributed by atoms with Gasteiger partial charge in [-0.15, -0.1) is 0 Å². The third-order valence-corrected chi connectivity index (χ3v) is 6.54. The molecule has 2 amide bonds. The first-order valence-corrected chi connectivity index (χ1v) is 13.0. The molecule has 1 unspecified atom stereocenters. The molecular weight excluding hydrogens is 511 g/mol. The molecular formula is C31H29FN4O4. The van der Waals surface area contributed by atoms with E-state index in [1.54, 1.807) is 60.5 Å². The topological polar surface area (TPSA) is 94.5 Å². The average molecular weight is 541 g/mol. The number of nitrogens with zero attached hydrogens (tertiary/aromatic N) is 2. The number of carbonyl (C=O) groups is 2. The van der Waals surface area contributed by atoms with Gasteiger partial charge in [-0.1, -0.05) is 18.2 Å². The monoisotopic (exact) mass is 540 g/mol. The van der Waals surface area contributed by atoms with E-state index in [0.717, 1.165) is 18.5 Å². The normalized spacial score (nSPS) is 15.1. The summed E-state index contributed by atoms with van der Waals surface area (Å²) >= 11 is 0. The van der Waals surface area contributed by atoms with E-state index in [1.165, 1.54) is 12.1 Å². The number of benzene rings is 3. The molecule has 3 aromatic carbocycles. The predicted octanol–water partition coefficient (Wildman–Crippen LogP) is 4.75. The standard InChI is InChI=1S/C31H29FN4O4/c1-39-26-15-11-22(12-16-26)30(37)34-28(31(38)33-19-27-8-5-17-40-27)18-23-20-36(25-6-3-2-4-7-25)35-29(23)21-9-13-24(32)14-10-21/h2-4,6-7,9-16,18,20,27H,5,8,17,19H2,1H3,(H,33,38)(H,34,37). The van der Waals surface area contributed by atoms with Crippen molar-refractivity contribution in [2.75, 3.05) is 20.3 Å². The van der Waals surface area contributed by atoms with E-state index in [4.69, 9.17) is 14.6 Å². The first-order valence-electron chi connectivity index (χ1n) is 13.0. The van der Waals surface area contributed by atoms with Crippen LogP contribution >= 0.6 is 0 Å². The molecule has 4 aromatic rings. The fraction of sp³-hybridized carbons (Fsp3) is 0.194. The van der Waals surface area contributed by atoms with Crippen molar-refractivity contribution in [2.45, 2.75) is 18.9 Å². The highest BCUT2D eigenvalue weighted by atomic mass is 19.1. The SMILES string of the molecule is COc1ccc(C(=O)NC(=Cc2cn(-c3ccccc3)nc2-c2ccc(F)cc2)C(=O)NCC2CCCO2)cc1. The second-order valence-electron chi connectivity index (χ2n) is 9.31. The molecule has 0 bridgehead atoms. The van der Waals surface area contributed by atoms with Gasteiger partial charge in [0.2, 0.25) is 0 Å². The van der Waals surface area contributed by atoms with Crippen LogP contribution < -0.4 is 15.4 Å². The Hall–Kier alpha value is -4.76. The van der Waals surface area contributed by atoms with E-state index in [1.807, 2.05) is 30.3 Å². The van der Waals surface area contributed by atoms with Crippen molar-refractivity contribution in [1.82, 2.24) is 20.4 Å². The molecule has 0 saturated carbocycles. The van der Waals surface area contributed by atoms with E-state index in [0.29, 0.717) is 41.3 Å². The third kappa shape index (κ3) is 6.44. The van der Waals surface area contributed by atoms with Gasteiger partial charge in [-0.3, -0.25) is 9.59 Å². The lowest BCUT2D eigenvalue weighted by atomic mass is 10.1. The van der Waals surface area contributed by atoms with Gasteiger partial charge in [0.05, 0.1) is 18.9 Å². The number of ether oxygens (including phenoxy) is 2. The lowest BCUT2D eigenvalue weighted by Gasteiger charge is -2.14. The van der Waals surface area contributed by atoms with Crippen LogP contribution in [-0.4, -0.2) is 48.0 Å². The Morgan fingerprint density at radius 3 is 2.50 bits per heavy atom. The first-order chi connectivity index (χ1) is 19.5. The van der Waals surface area contributed by atoms with Crippen molar-refractivity contribution >= 4 is 17.9 Å². The van der Waals surface area contributed by atoms with Crippen LogP contribution in [0, 0.1) is 5.82 Å². The van der Waals surface area contributed by atoms with Crippen molar-refractivity contribution in [3.8, 4) is 22.7 Å². The number of methoxy groups -OCH3 is 1. The predicted molar refractivity (Wildman–Crippen MR) is 149 cm³/mol. The molecule has 0 radical (unpaired) electrons. The van der Waals surface area contributed by atoms with Crippen LogP contribution in [0.25, 0.3) is 23.0 Å². The molecule has 0 aliphatic carbocycles. The fourth-order valence-electron chi connectivity index (χ4n) is 4.40. The molecule has 1 aliphatic heterocycles. The minimum Gasteiger partial charge on any atom is -0.497 e. The summed E-state index contributed by atoms with van der Waals surface area (Å²) in [6, 6.07) is 22.0. The molecule has 2 N–H and O–H groups in total. The van der Waals surface area contributed by atoms with Gasteiger partial charge in [-0.05, 0) is 79.6 Å². The van der Waals surface area contributed by atoms with Gasteiger partial charge < -0.3 is 20.1 Å². The van der Waals surface area contributed by atoms with Gasteiger partial charge in [0.15, 0.2) is 0 Å². The van der Waals surface area contributed by atoms with Crippen LogP contribution in [0.15, 0.2) is 90.8 Å². The number of aromatic nitrogens is 2. The molecule has 9 heteroatoms. The van der Waals surface area contributed by atoms with E-state index in [-0.39, 0.29) is 17.6 Å². The highest BCUT2D eigenvalue weighted by molar-refractivity contribution is 6.05. The lowest BCUT2D eigenvalue weighted by molar-refractivity contribution is -0.118. The number of nitrogens with one attached hydrogen (secondary N) is 2. The van der Waals surface area contributed by atoms with Crippen molar-refractivity contribution in [3.63, 3.8) is 0 Å². The summed E-state index contributed by atoms with van der Waals surface area (Å²) in [5, 5.41) is 10.4. The minimum absolute atomic E-state index is 0.0368. The van der Waals surface area contributed by atoms with Crippen molar-refractivity contribution in [1.29, 1.82) is 0 Å². The Morgan fingerprint density at radius 1 is 1.07 bits per heavy atom. The maximum absolute atomic E-state index is 13.7. The fourth-order valence-corrected chi connectivity index (χ4v) is 4.40. The summed E-state index contributed by atoms with van der Waals surface area (Å²) in [5.74, 6) is -0.682. The molecule has 204 valence electrons. The van der Waals surface area contributed by atoms with E-state index >= 15 is 0 Å². The zero-order valence-electron chi connectivity index (χ0n) is 22.0. The molecule has 0 spiro atoms. The van der Waals surface area contributed by atoms with Crippen LogP contribution in [0.4, 0.5) is 4.39 Å². The quantitative estimate of drug-likeness (QED) is 0.299. The minimum atomic E-state index is -0.463. The van der Waals surface area contributed by atoms with Gasteiger partial charge in [0, 0.05) is 36.0 Å². The zero-order valence-corrected chi connectivity index (χ0v) is 22.0. The third-order valence-electron chi connectivity index (χ3n) is 6.54. The molecule has 1 atom stereocenters. The second-order valence-corrected chi connectivity index (χ2v) is 9.31. The molecule has 1 aliphatic rings. The number of rotatable bonds is 9. The first kappa shape index (κ1) is 26.8. The summed E-state index contributed by atoms with van der Waals surface area (Å²) in [6.45, 7) is 0.986. The summed E-state index contributed by atoms with van der Waals surface area (Å²) < 4.78 is 26.2. The molecule has 1 fully saturated rings. The van der Waals surface area contributed by atoms with Gasteiger partial charge in [-0.2, -0.15) is 5.10 Å². The Morgan fingerprint density at radius 2 is 1.82 bits per heavy atom. The Bertz CT molecular complexity index is 1490. The van der Waals surface area contributed by atoms with Gasteiger partial charge >= 0.3 is 0 Å². The Balaban J connectivity index is 1.52. The maximum Gasteiger partial charge on any atom is 0.267 e. The largest absolute Gasteiger partial charge is 0.497 e. The Kier molecular flexibility index (Phi) is 8.32. The molecule has 5 rings (SSSR count). The Labute approximate surface area is 231 Å². The molecule has 8 nitrogen and oxygen atoms in total. The van der Waals surface area contributed by atoms with E-state index in [9.17, 15) is 14.0 Å². The van der Waals surface area contributed by atoms with Crippen LogP contribution in [0.3, 0.4) is 0 Å². The highest BCUT2D eigenvalue weighted by Crippen LogP contribution is 2.26. The highest BCUT2D eigenvalue weighted by Gasteiger charge is 2.21. The number of amides is 2. The summed E-state index contributed by atoms with van der Waals surface area (Å²) in [5.41, 5.74) is 2.94. The summed E-state index contributed by atoms with van der Waals surface area (Å²) in [7, 11) is 1.54. The van der Waals surface area contributed by atoms with Crippen LogP contribution in [0.5, 0.6) is 5.75 Å². The second kappa shape index (κ2) is 12.4. The van der Waals surface area contributed by atoms with E-state index in [2.05, 4.69) is 10.6 Å². The number of para-hydroxylation sites is 1. The van der Waals surface area contributed by atoms with Gasteiger partial charge in [0.25, 0.3) is 11.8 Å². The van der Waals surface area contributed by atoms with E-state index < -0.39 is 11.8 Å². The smallest absolute Gasteiger partial charge is 0.267 e. The average Bonchev–Trinajstić information content (AvgIpc) is 3.67. The van der Waals surface area contributed by atoms with Gasteiger partial charge in [0.1, 0.15) is 23.0 Å². The molecule has 1 saturated heterocycles.